The Morgan fingerprint density at radius 1 is 1.29 bits per heavy atom. The van der Waals surface area contributed by atoms with Crippen LogP contribution in [-0.2, 0) is 6.42 Å². The summed E-state index contributed by atoms with van der Waals surface area (Å²) in [7, 11) is 2.20. The zero-order chi connectivity index (χ0) is 11.9. The topological polar surface area (TPSA) is 36.4 Å². The van der Waals surface area contributed by atoms with Crippen molar-refractivity contribution in [3.8, 4) is 0 Å². The highest BCUT2D eigenvalue weighted by atomic mass is 16.3. The molecule has 2 bridgehead atoms. The van der Waals surface area contributed by atoms with Crippen molar-refractivity contribution in [3.05, 3.63) is 30.1 Å². The smallest absolute Gasteiger partial charge is 0.0717 e. The summed E-state index contributed by atoms with van der Waals surface area (Å²) < 4.78 is 0. The van der Waals surface area contributed by atoms with Crippen LogP contribution in [0.3, 0.4) is 0 Å². The molecule has 1 N–H and O–H groups in total. The third-order valence-electron chi connectivity index (χ3n) is 4.50. The number of hydrogen-bond donors (Lipinski definition) is 1. The Kier molecular flexibility index (Phi) is 2.68. The van der Waals surface area contributed by atoms with Crippen molar-refractivity contribution in [1.29, 1.82) is 0 Å². The Morgan fingerprint density at radius 2 is 1.88 bits per heavy atom. The lowest BCUT2D eigenvalue weighted by atomic mass is 9.82. The molecule has 92 valence electrons. The second-order valence-electron chi connectivity index (χ2n) is 5.72. The number of aliphatic hydroxyl groups is 1. The van der Waals surface area contributed by atoms with E-state index in [0.717, 1.165) is 19.3 Å². The van der Waals surface area contributed by atoms with Crippen molar-refractivity contribution in [2.75, 3.05) is 7.05 Å². The van der Waals surface area contributed by atoms with E-state index < -0.39 is 5.60 Å². The van der Waals surface area contributed by atoms with E-state index in [0.29, 0.717) is 12.1 Å². The largest absolute Gasteiger partial charge is 0.389 e. The minimum atomic E-state index is -0.500. The van der Waals surface area contributed by atoms with Gasteiger partial charge >= 0.3 is 0 Å². The van der Waals surface area contributed by atoms with Gasteiger partial charge in [-0.15, -0.1) is 0 Å². The van der Waals surface area contributed by atoms with E-state index in [1.807, 2.05) is 24.5 Å². The number of pyridine rings is 1. The lowest BCUT2D eigenvalue weighted by Gasteiger charge is -2.42. The van der Waals surface area contributed by atoms with E-state index in [9.17, 15) is 5.11 Å². The molecule has 0 radical (unpaired) electrons. The van der Waals surface area contributed by atoms with E-state index in [-0.39, 0.29) is 0 Å². The summed E-state index contributed by atoms with van der Waals surface area (Å²) in [6.45, 7) is 0. The van der Waals surface area contributed by atoms with Gasteiger partial charge < -0.3 is 10.0 Å². The van der Waals surface area contributed by atoms with E-state index in [2.05, 4.69) is 16.9 Å². The molecule has 0 aromatic carbocycles. The van der Waals surface area contributed by atoms with Crippen LogP contribution in [0.2, 0.25) is 0 Å². The highest BCUT2D eigenvalue weighted by Crippen LogP contribution is 2.41. The van der Waals surface area contributed by atoms with Crippen LogP contribution in [0, 0.1) is 0 Å². The molecule has 17 heavy (non-hydrogen) atoms. The predicted molar refractivity (Wildman–Crippen MR) is 66.7 cm³/mol. The van der Waals surface area contributed by atoms with Gasteiger partial charge in [-0.1, -0.05) is 0 Å². The zero-order valence-corrected chi connectivity index (χ0v) is 10.3. The number of fused-ring (bicyclic) bond motifs is 2. The Hall–Kier alpha value is -0.930. The number of aromatic nitrogens is 1. The molecule has 1 aromatic heterocycles. The molecule has 2 saturated heterocycles. The molecule has 2 atom stereocenters. The summed E-state index contributed by atoms with van der Waals surface area (Å²) in [4.78, 5) is 6.48. The molecule has 3 rings (SSSR count). The van der Waals surface area contributed by atoms with Gasteiger partial charge in [0.25, 0.3) is 0 Å². The summed E-state index contributed by atoms with van der Waals surface area (Å²) in [5, 5.41) is 10.8. The third kappa shape index (κ3) is 2.09. The monoisotopic (exact) mass is 232 g/mol. The van der Waals surface area contributed by atoms with Gasteiger partial charge in [-0.3, -0.25) is 4.98 Å². The fraction of sp³-hybridized carbons (Fsp3) is 0.643. The molecule has 3 nitrogen and oxygen atoms in total. The van der Waals surface area contributed by atoms with Crippen LogP contribution in [0.1, 0.15) is 31.2 Å². The first-order valence-electron chi connectivity index (χ1n) is 6.49. The predicted octanol–water partition coefficient (Wildman–Crippen LogP) is 1.61. The summed E-state index contributed by atoms with van der Waals surface area (Å²) in [6.07, 6.45) is 8.73. The molecule has 2 aliphatic rings. The van der Waals surface area contributed by atoms with Gasteiger partial charge in [-0.05, 0) is 50.4 Å². The van der Waals surface area contributed by atoms with Crippen LogP contribution < -0.4 is 0 Å². The second kappa shape index (κ2) is 4.07. The number of nitrogens with zero attached hydrogens (tertiary/aromatic N) is 2. The van der Waals surface area contributed by atoms with Crippen LogP contribution in [0.15, 0.2) is 24.5 Å². The van der Waals surface area contributed by atoms with E-state index in [4.69, 9.17) is 0 Å². The van der Waals surface area contributed by atoms with Crippen molar-refractivity contribution in [1.82, 2.24) is 9.88 Å². The first-order chi connectivity index (χ1) is 8.16. The Morgan fingerprint density at radius 3 is 2.47 bits per heavy atom. The molecule has 0 spiro atoms. The Bertz CT molecular complexity index is 378. The lowest BCUT2D eigenvalue weighted by Crippen LogP contribution is -2.50. The van der Waals surface area contributed by atoms with Crippen LogP contribution in [0.5, 0.6) is 0 Å². The maximum atomic E-state index is 10.8. The fourth-order valence-corrected chi connectivity index (χ4v) is 3.57. The number of hydrogen-bond acceptors (Lipinski definition) is 3. The van der Waals surface area contributed by atoms with E-state index >= 15 is 0 Å². The van der Waals surface area contributed by atoms with E-state index in [1.54, 1.807) is 0 Å². The Balaban J connectivity index is 1.75. The molecule has 2 fully saturated rings. The summed E-state index contributed by atoms with van der Waals surface area (Å²) >= 11 is 0. The molecule has 1 aromatic rings. The minimum Gasteiger partial charge on any atom is -0.389 e. The van der Waals surface area contributed by atoms with Gasteiger partial charge in [0, 0.05) is 30.9 Å². The molecule has 2 unspecified atom stereocenters. The number of piperidine rings is 1. The highest BCUT2D eigenvalue weighted by Gasteiger charge is 2.45. The average molecular weight is 232 g/mol. The summed E-state index contributed by atoms with van der Waals surface area (Å²) in [5.41, 5.74) is 0.700. The van der Waals surface area contributed by atoms with Gasteiger partial charge in [-0.2, -0.15) is 0 Å². The van der Waals surface area contributed by atoms with Crippen LogP contribution >= 0.6 is 0 Å². The minimum absolute atomic E-state index is 0.500. The normalized spacial score (nSPS) is 37.3. The maximum Gasteiger partial charge on any atom is 0.0717 e. The van der Waals surface area contributed by atoms with Gasteiger partial charge in [0.1, 0.15) is 0 Å². The van der Waals surface area contributed by atoms with Crippen molar-refractivity contribution >= 4 is 0 Å². The molecule has 0 aliphatic carbocycles. The van der Waals surface area contributed by atoms with Gasteiger partial charge in [0.15, 0.2) is 0 Å². The van der Waals surface area contributed by atoms with Gasteiger partial charge in [-0.25, -0.2) is 0 Å². The summed E-state index contributed by atoms with van der Waals surface area (Å²) in [6, 6.07) is 5.19. The molecule has 3 heteroatoms. The fourth-order valence-electron chi connectivity index (χ4n) is 3.57. The lowest BCUT2D eigenvalue weighted by molar-refractivity contribution is -0.0437. The second-order valence-corrected chi connectivity index (χ2v) is 5.72. The number of rotatable bonds is 2. The molecule has 0 saturated carbocycles. The molecular formula is C14H20N2O. The standard InChI is InChI=1S/C14H20N2O/c1-16-12-2-3-13(16)10-14(17,9-12)8-11-4-6-15-7-5-11/h4-7,12-13,17H,2-3,8-10H2,1H3. The van der Waals surface area contributed by atoms with Crippen LogP contribution in [0.4, 0.5) is 0 Å². The first kappa shape index (κ1) is 11.2. The van der Waals surface area contributed by atoms with Crippen molar-refractivity contribution < 1.29 is 5.11 Å². The quantitative estimate of drug-likeness (QED) is 0.841. The molecule has 0 amide bonds. The zero-order valence-electron chi connectivity index (χ0n) is 10.3. The molecular weight excluding hydrogens is 212 g/mol. The molecule has 3 heterocycles. The Labute approximate surface area is 102 Å². The summed E-state index contributed by atoms with van der Waals surface area (Å²) in [5.74, 6) is 0. The SMILES string of the molecule is CN1C2CCC1CC(O)(Cc1ccncc1)C2. The van der Waals surface area contributed by atoms with Crippen molar-refractivity contribution in [3.63, 3.8) is 0 Å². The van der Waals surface area contributed by atoms with E-state index in [1.165, 1.54) is 18.4 Å². The average Bonchev–Trinajstić information content (AvgIpc) is 2.54. The van der Waals surface area contributed by atoms with Crippen LogP contribution in [-0.4, -0.2) is 39.7 Å². The third-order valence-corrected chi connectivity index (χ3v) is 4.50. The van der Waals surface area contributed by atoms with Crippen molar-refractivity contribution in [2.24, 2.45) is 0 Å². The molecule has 2 aliphatic heterocycles. The van der Waals surface area contributed by atoms with Crippen LogP contribution in [0.25, 0.3) is 0 Å². The maximum absolute atomic E-state index is 10.8. The van der Waals surface area contributed by atoms with Gasteiger partial charge in [0.05, 0.1) is 5.60 Å². The van der Waals surface area contributed by atoms with Gasteiger partial charge in [0.2, 0.25) is 0 Å². The highest BCUT2D eigenvalue weighted by molar-refractivity contribution is 5.15. The van der Waals surface area contributed by atoms with Crippen molar-refractivity contribution in [2.45, 2.75) is 49.8 Å². The first-order valence-corrected chi connectivity index (χ1v) is 6.49.